The van der Waals surface area contributed by atoms with Gasteiger partial charge in [-0.05, 0) is 32.4 Å². The molecule has 3 rings (SSSR count). The number of aryl methyl sites for hydroxylation is 1. The molecule has 6 heteroatoms. The summed E-state index contributed by atoms with van der Waals surface area (Å²) in [6.45, 7) is 4.76. The van der Waals surface area contributed by atoms with Crippen LogP contribution in [0.25, 0.3) is 16.8 Å². The summed E-state index contributed by atoms with van der Waals surface area (Å²) < 4.78 is 1.69. The number of thioether (sulfide) groups is 1. The minimum absolute atomic E-state index is 0.162. The van der Waals surface area contributed by atoms with E-state index < -0.39 is 5.25 Å². The van der Waals surface area contributed by atoms with Crippen molar-refractivity contribution in [1.82, 2.24) is 14.6 Å². The van der Waals surface area contributed by atoms with Gasteiger partial charge in [0.1, 0.15) is 10.3 Å². The lowest BCUT2D eigenvalue weighted by atomic mass is 10.1. The van der Waals surface area contributed by atoms with Gasteiger partial charge >= 0.3 is 0 Å². The average Bonchev–Trinajstić information content (AvgIpc) is 2.96. The maximum absolute atomic E-state index is 11.8. The zero-order valence-corrected chi connectivity index (χ0v) is 14.5. The van der Waals surface area contributed by atoms with Crippen LogP contribution >= 0.6 is 11.8 Å². The quantitative estimate of drug-likeness (QED) is 0.405. The Morgan fingerprint density at radius 1 is 1.12 bits per heavy atom. The first-order valence-electron chi connectivity index (χ1n) is 7.55. The average molecular weight is 339 g/mol. The molecule has 0 saturated heterocycles. The van der Waals surface area contributed by atoms with E-state index in [0.29, 0.717) is 0 Å². The van der Waals surface area contributed by atoms with Gasteiger partial charge in [-0.15, -0.1) is 0 Å². The van der Waals surface area contributed by atoms with E-state index in [1.54, 1.807) is 10.7 Å². The lowest BCUT2D eigenvalue weighted by Crippen LogP contribution is -2.22. The van der Waals surface area contributed by atoms with Gasteiger partial charge in [0.05, 0.1) is 6.20 Å². The Kier molecular flexibility index (Phi) is 4.49. The molecule has 0 N–H and O–H groups in total. The molecular formula is C18H17N3O2S. The topological polar surface area (TPSA) is 64.3 Å². The van der Waals surface area contributed by atoms with E-state index in [-0.39, 0.29) is 11.6 Å². The second kappa shape index (κ2) is 6.57. The van der Waals surface area contributed by atoms with Gasteiger partial charge in [0.25, 0.3) is 0 Å². The number of carbonyl (C=O) groups is 2. The molecule has 0 aliphatic rings. The largest absolute Gasteiger partial charge is 0.298 e. The van der Waals surface area contributed by atoms with Gasteiger partial charge in [-0.1, -0.05) is 42.1 Å². The first-order chi connectivity index (χ1) is 11.5. The summed E-state index contributed by atoms with van der Waals surface area (Å²) in [7, 11) is 0. The number of benzene rings is 1. The van der Waals surface area contributed by atoms with Gasteiger partial charge in [-0.2, -0.15) is 5.10 Å². The van der Waals surface area contributed by atoms with Crippen LogP contribution in [-0.4, -0.2) is 31.4 Å². The van der Waals surface area contributed by atoms with Crippen molar-refractivity contribution in [3.8, 4) is 11.1 Å². The minimum atomic E-state index is -0.723. The van der Waals surface area contributed by atoms with Gasteiger partial charge in [-0.3, -0.25) is 9.59 Å². The maximum Gasteiger partial charge on any atom is 0.164 e. The van der Waals surface area contributed by atoms with Crippen molar-refractivity contribution in [1.29, 1.82) is 0 Å². The highest BCUT2D eigenvalue weighted by Crippen LogP contribution is 2.30. The lowest BCUT2D eigenvalue weighted by molar-refractivity contribution is -0.123. The van der Waals surface area contributed by atoms with Crippen LogP contribution in [0.3, 0.4) is 0 Å². The van der Waals surface area contributed by atoms with Crippen LogP contribution in [0.5, 0.6) is 0 Å². The molecular weight excluding hydrogens is 322 g/mol. The molecule has 0 saturated carbocycles. The number of fused-ring (bicyclic) bond motifs is 1. The van der Waals surface area contributed by atoms with Crippen molar-refractivity contribution in [2.24, 2.45) is 0 Å². The van der Waals surface area contributed by atoms with E-state index in [9.17, 15) is 9.59 Å². The second-order valence-corrected chi connectivity index (χ2v) is 6.74. The Hall–Kier alpha value is -2.47. The molecule has 0 bridgehead atoms. The van der Waals surface area contributed by atoms with E-state index in [4.69, 9.17) is 0 Å². The summed E-state index contributed by atoms with van der Waals surface area (Å²) in [5.74, 6) is -0.323. The Balaban J connectivity index is 2.12. The summed E-state index contributed by atoms with van der Waals surface area (Å²) in [4.78, 5) is 28.1. The molecule has 1 aromatic carbocycles. The number of nitrogens with zero attached hydrogens (tertiary/aromatic N) is 3. The summed E-state index contributed by atoms with van der Waals surface area (Å²) in [6.07, 6.45) is 1.76. The van der Waals surface area contributed by atoms with Crippen LogP contribution in [-0.2, 0) is 9.59 Å². The number of hydrogen-bond donors (Lipinski definition) is 0. The SMILES string of the molecule is CC(=O)C(Sc1cc(C)nc2c(-c3ccccc3)cnn12)C(C)=O. The standard InChI is InChI=1S/C18H17N3O2S/c1-11-9-16(24-17(12(2)22)13(3)23)21-18(20-11)15(10-19-21)14-7-5-4-6-8-14/h4-10,17H,1-3H3. The van der Waals surface area contributed by atoms with Gasteiger partial charge in [0, 0.05) is 11.3 Å². The third kappa shape index (κ3) is 3.10. The molecule has 3 aromatic rings. The van der Waals surface area contributed by atoms with E-state index in [1.807, 2.05) is 43.3 Å². The molecule has 0 atom stereocenters. The predicted molar refractivity (Wildman–Crippen MR) is 94.2 cm³/mol. The molecule has 0 fully saturated rings. The monoisotopic (exact) mass is 339 g/mol. The van der Waals surface area contributed by atoms with Gasteiger partial charge in [0.15, 0.2) is 17.2 Å². The van der Waals surface area contributed by atoms with Crippen molar-refractivity contribution >= 4 is 29.0 Å². The number of Topliss-reactive ketones (excluding diaryl/α,β-unsaturated/α-hetero) is 2. The van der Waals surface area contributed by atoms with Crippen LogP contribution in [0.4, 0.5) is 0 Å². The molecule has 0 spiro atoms. The van der Waals surface area contributed by atoms with Crippen LogP contribution in [0, 0.1) is 6.92 Å². The lowest BCUT2D eigenvalue weighted by Gasteiger charge is -2.11. The predicted octanol–water partition coefficient (Wildman–Crippen LogP) is 3.34. The fraction of sp³-hybridized carbons (Fsp3) is 0.222. The maximum atomic E-state index is 11.8. The smallest absolute Gasteiger partial charge is 0.164 e. The van der Waals surface area contributed by atoms with Gasteiger partial charge < -0.3 is 0 Å². The van der Waals surface area contributed by atoms with Crippen molar-refractivity contribution in [2.75, 3.05) is 0 Å². The van der Waals surface area contributed by atoms with Crippen LogP contribution in [0.15, 0.2) is 47.6 Å². The fourth-order valence-electron chi connectivity index (χ4n) is 2.53. The normalized spacial score (nSPS) is 11.2. The summed E-state index contributed by atoms with van der Waals surface area (Å²) >= 11 is 1.22. The third-order valence-electron chi connectivity index (χ3n) is 3.63. The Bertz CT molecular complexity index is 905. The number of aromatic nitrogens is 3. The molecule has 0 radical (unpaired) electrons. The van der Waals surface area contributed by atoms with Crippen molar-refractivity contribution in [3.05, 3.63) is 48.3 Å². The number of ketones is 2. The van der Waals surface area contributed by atoms with E-state index in [2.05, 4.69) is 10.1 Å². The molecule has 122 valence electrons. The van der Waals surface area contributed by atoms with Crippen molar-refractivity contribution < 1.29 is 9.59 Å². The van der Waals surface area contributed by atoms with Crippen LogP contribution in [0.1, 0.15) is 19.5 Å². The fourth-order valence-corrected chi connectivity index (χ4v) is 3.57. The highest BCUT2D eigenvalue weighted by molar-refractivity contribution is 8.01. The Labute approximate surface area is 144 Å². The molecule has 0 unspecified atom stereocenters. The zero-order valence-electron chi connectivity index (χ0n) is 13.7. The zero-order chi connectivity index (χ0) is 17.3. The minimum Gasteiger partial charge on any atom is -0.298 e. The number of rotatable bonds is 5. The highest BCUT2D eigenvalue weighted by atomic mass is 32.2. The molecule has 0 aliphatic heterocycles. The van der Waals surface area contributed by atoms with Gasteiger partial charge in [0.2, 0.25) is 0 Å². The van der Waals surface area contributed by atoms with Crippen molar-refractivity contribution in [3.63, 3.8) is 0 Å². The Morgan fingerprint density at radius 2 is 1.79 bits per heavy atom. The van der Waals surface area contributed by atoms with Gasteiger partial charge in [-0.25, -0.2) is 9.50 Å². The third-order valence-corrected chi connectivity index (χ3v) is 5.06. The van der Waals surface area contributed by atoms with E-state index in [0.717, 1.165) is 27.5 Å². The molecule has 0 aliphatic carbocycles. The first-order valence-corrected chi connectivity index (χ1v) is 8.43. The second-order valence-electron chi connectivity index (χ2n) is 5.61. The van der Waals surface area contributed by atoms with Crippen molar-refractivity contribution in [2.45, 2.75) is 31.0 Å². The summed E-state index contributed by atoms with van der Waals surface area (Å²) in [6, 6.07) is 11.7. The van der Waals surface area contributed by atoms with E-state index in [1.165, 1.54) is 25.6 Å². The highest BCUT2D eigenvalue weighted by Gasteiger charge is 2.23. The van der Waals surface area contributed by atoms with Crippen LogP contribution in [0.2, 0.25) is 0 Å². The van der Waals surface area contributed by atoms with Crippen LogP contribution < -0.4 is 0 Å². The molecule has 0 amide bonds. The summed E-state index contributed by atoms with van der Waals surface area (Å²) in [5, 5.41) is 4.43. The number of hydrogen-bond acceptors (Lipinski definition) is 5. The molecule has 2 heterocycles. The number of carbonyl (C=O) groups excluding carboxylic acids is 2. The van der Waals surface area contributed by atoms with E-state index >= 15 is 0 Å². The molecule has 5 nitrogen and oxygen atoms in total. The Morgan fingerprint density at radius 3 is 2.42 bits per heavy atom. The molecule has 24 heavy (non-hydrogen) atoms. The first kappa shape index (κ1) is 16.4. The molecule has 2 aromatic heterocycles. The summed E-state index contributed by atoms with van der Waals surface area (Å²) in [5.41, 5.74) is 3.47.